The number of amides is 1. The SMILES string of the molecule is Cn1c(=O)c2ccccc2n2c(SCC(=O)N3N=C(c4ccco4)CC3c3cccs3)nnc12. The summed E-state index contributed by atoms with van der Waals surface area (Å²) in [5.41, 5.74) is 1.31. The van der Waals surface area contributed by atoms with Gasteiger partial charge in [0.05, 0.1) is 29.0 Å². The average Bonchev–Trinajstić information content (AvgIpc) is 3.66. The van der Waals surface area contributed by atoms with Crippen LogP contribution in [0.3, 0.4) is 0 Å². The number of fused-ring (bicyclic) bond motifs is 3. The minimum absolute atomic E-state index is 0.120. The second kappa shape index (κ2) is 8.26. The highest BCUT2D eigenvalue weighted by molar-refractivity contribution is 7.99. The van der Waals surface area contributed by atoms with Crippen LogP contribution in [0.1, 0.15) is 23.1 Å². The van der Waals surface area contributed by atoms with E-state index in [2.05, 4.69) is 15.3 Å². The number of aryl methyl sites for hydroxylation is 1. The number of nitrogens with zero attached hydrogens (tertiary/aromatic N) is 6. The molecule has 4 aromatic heterocycles. The molecule has 0 radical (unpaired) electrons. The topological polar surface area (TPSA) is 98.0 Å². The van der Waals surface area contributed by atoms with Gasteiger partial charge < -0.3 is 4.42 Å². The number of rotatable bonds is 5. The van der Waals surface area contributed by atoms with Crippen molar-refractivity contribution in [3.63, 3.8) is 0 Å². The number of hydrazone groups is 1. The Morgan fingerprint density at radius 3 is 2.85 bits per heavy atom. The molecule has 34 heavy (non-hydrogen) atoms. The van der Waals surface area contributed by atoms with Gasteiger partial charge in [-0.15, -0.1) is 21.5 Å². The summed E-state index contributed by atoms with van der Waals surface area (Å²) in [6.45, 7) is 0. The summed E-state index contributed by atoms with van der Waals surface area (Å²) < 4.78 is 8.80. The predicted molar refractivity (Wildman–Crippen MR) is 130 cm³/mol. The van der Waals surface area contributed by atoms with Crippen molar-refractivity contribution in [1.82, 2.24) is 24.2 Å². The fraction of sp³-hybridized carbons (Fsp3) is 0.174. The summed E-state index contributed by atoms with van der Waals surface area (Å²) in [7, 11) is 1.67. The van der Waals surface area contributed by atoms with Gasteiger partial charge in [-0.25, -0.2) is 5.01 Å². The Labute approximate surface area is 201 Å². The number of hydrogen-bond acceptors (Lipinski definition) is 8. The number of carbonyl (C=O) groups is 1. The third-order valence-corrected chi connectivity index (χ3v) is 7.65. The number of hydrogen-bond donors (Lipinski definition) is 0. The molecule has 5 aromatic rings. The zero-order valence-electron chi connectivity index (χ0n) is 18.0. The van der Waals surface area contributed by atoms with Crippen LogP contribution in [0.25, 0.3) is 16.7 Å². The Bertz CT molecular complexity index is 1600. The Hall–Kier alpha value is -3.70. The Morgan fingerprint density at radius 1 is 1.18 bits per heavy atom. The maximum absolute atomic E-state index is 13.3. The van der Waals surface area contributed by atoms with Crippen LogP contribution in [0.15, 0.2) is 79.6 Å². The fourth-order valence-electron chi connectivity index (χ4n) is 4.13. The first-order chi connectivity index (χ1) is 16.6. The van der Waals surface area contributed by atoms with Crippen LogP contribution in [-0.2, 0) is 11.8 Å². The van der Waals surface area contributed by atoms with Gasteiger partial charge in [0.15, 0.2) is 5.16 Å². The van der Waals surface area contributed by atoms with E-state index in [4.69, 9.17) is 4.42 Å². The first-order valence-electron chi connectivity index (χ1n) is 10.5. The van der Waals surface area contributed by atoms with Crippen LogP contribution in [0.5, 0.6) is 0 Å². The maximum atomic E-state index is 13.3. The normalized spacial score (nSPS) is 16.0. The van der Waals surface area contributed by atoms with Crippen LogP contribution < -0.4 is 5.56 Å². The molecular weight excluding hydrogens is 472 g/mol. The first-order valence-corrected chi connectivity index (χ1v) is 12.4. The van der Waals surface area contributed by atoms with Crippen molar-refractivity contribution < 1.29 is 9.21 Å². The van der Waals surface area contributed by atoms with Gasteiger partial charge in [0, 0.05) is 18.3 Å². The van der Waals surface area contributed by atoms with Gasteiger partial charge in [0.1, 0.15) is 11.5 Å². The second-order valence-electron chi connectivity index (χ2n) is 7.79. The molecule has 5 heterocycles. The van der Waals surface area contributed by atoms with Gasteiger partial charge in [0.25, 0.3) is 11.5 Å². The molecule has 0 fully saturated rings. The third-order valence-electron chi connectivity index (χ3n) is 5.76. The van der Waals surface area contributed by atoms with E-state index >= 15 is 0 Å². The van der Waals surface area contributed by atoms with E-state index in [-0.39, 0.29) is 23.3 Å². The van der Waals surface area contributed by atoms with Crippen LogP contribution in [-0.4, -0.2) is 41.5 Å². The predicted octanol–water partition coefficient (Wildman–Crippen LogP) is 3.71. The van der Waals surface area contributed by atoms with E-state index in [1.165, 1.54) is 16.3 Å². The smallest absolute Gasteiger partial charge is 0.262 e. The van der Waals surface area contributed by atoms with Crippen molar-refractivity contribution in [2.24, 2.45) is 12.1 Å². The number of aromatic nitrogens is 4. The summed E-state index contributed by atoms with van der Waals surface area (Å²) >= 11 is 2.87. The highest BCUT2D eigenvalue weighted by Gasteiger charge is 2.34. The van der Waals surface area contributed by atoms with Crippen LogP contribution in [0.4, 0.5) is 0 Å². The Kier molecular flexibility index (Phi) is 5.07. The molecule has 0 N–H and O–H groups in total. The Balaban J connectivity index is 1.32. The number of carbonyl (C=O) groups excluding carboxylic acids is 1. The van der Waals surface area contributed by atoms with E-state index in [1.807, 2.05) is 52.2 Å². The zero-order valence-corrected chi connectivity index (χ0v) is 19.6. The molecule has 1 aromatic carbocycles. The quantitative estimate of drug-likeness (QED) is 0.349. The van der Waals surface area contributed by atoms with Crippen molar-refractivity contribution in [1.29, 1.82) is 0 Å². The largest absolute Gasteiger partial charge is 0.463 e. The number of furan rings is 1. The van der Waals surface area contributed by atoms with Gasteiger partial charge >= 0.3 is 0 Å². The molecule has 0 spiro atoms. The summed E-state index contributed by atoms with van der Waals surface area (Å²) in [6, 6.07) is 14.8. The number of thiophene rings is 1. The summed E-state index contributed by atoms with van der Waals surface area (Å²) in [5, 5.41) is 17.7. The lowest BCUT2D eigenvalue weighted by atomic mass is 10.1. The van der Waals surface area contributed by atoms with Gasteiger partial charge in [-0.05, 0) is 35.7 Å². The number of benzene rings is 1. The molecule has 0 bridgehead atoms. The molecule has 0 aliphatic carbocycles. The monoisotopic (exact) mass is 490 g/mol. The molecule has 9 nitrogen and oxygen atoms in total. The molecule has 170 valence electrons. The van der Waals surface area contributed by atoms with Gasteiger partial charge in [-0.1, -0.05) is 30.0 Å². The van der Waals surface area contributed by atoms with Crippen molar-refractivity contribution in [2.75, 3.05) is 5.75 Å². The lowest BCUT2D eigenvalue weighted by molar-refractivity contribution is -0.130. The summed E-state index contributed by atoms with van der Waals surface area (Å²) in [4.78, 5) is 27.1. The van der Waals surface area contributed by atoms with E-state index in [9.17, 15) is 9.59 Å². The molecule has 11 heteroatoms. The highest BCUT2D eigenvalue weighted by atomic mass is 32.2. The van der Waals surface area contributed by atoms with Crippen molar-refractivity contribution in [2.45, 2.75) is 17.6 Å². The van der Waals surface area contributed by atoms with Crippen molar-refractivity contribution in [3.05, 3.63) is 81.2 Å². The first kappa shape index (κ1) is 20.9. The summed E-state index contributed by atoms with van der Waals surface area (Å²) in [5.74, 6) is 1.07. The maximum Gasteiger partial charge on any atom is 0.262 e. The molecule has 6 rings (SSSR count). The molecule has 1 atom stereocenters. The minimum atomic E-state index is -0.176. The van der Waals surface area contributed by atoms with E-state index in [0.29, 0.717) is 34.0 Å². The van der Waals surface area contributed by atoms with Crippen molar-refractivity contribution in [3.8, 4) is 0 Å². The molecule has 0 saturated carbocycles. The van der Waals surface area contributed by atoms with Crippen LogP contribution in [0, 0.1) is 0 Å². The highest BCUT2D eigenvalue weighted by Crippen LogP contribution is 2.36. The second-order valence-corrected chi connectivity index (χ2v) is 9.71. The molecule has 1 unspecified atom stereocenters. The van der Waals surface area contributed by atoms with E-state index < -0.39 is 0 Å². The van der Waals surface area contributed by atoms with E-state index in [1.54, 1.807) is 35.7 Å². The van der Waals surface area contributed by atoms with Gasteiger partial charge in [-0.3, -0.25) is 18.6 Å². The fourth-order valence-corrected chi connectivity index (χ4v) is 5.74. The standard InChI is InChI=1S/C23H18N6O3S2/c1-27-21(31)14-6-2-3-7-16(14)28-22(27)24-25-23(28)34-13-20(30)29-17(19-9-5-11-33-19)12-15(26-29)18-8-4-10-32-18/h2-11,17H,12-13H2,1H3. The molecule has 1 aliphatic heterocycles. The zero-order chi connectivity index (χ0) is 23.2. The minimum Gasteiger partial charge on any atom is -0.463 e. The van der Waals surface area contributed by atoms with Crippen LogP contribution in [0.2, 0.25) is 0 Å². The molecule has 1 amide bonds. The number of para-hydroxylation sites is 1. The van der Waals surface area contributed by atoms with Crippen LogP contribution >= 0.6 is 23.1 Å². The number of thioether (sulfide) groups is 1. The summed E-state index contributed by atoms with van der Waals surface area (Å²) in [6.07, 6.45) is 2.19. The molecular formula is C23H18N6O3S2. The van der Waals surface area contributed by atoms with Gasteiger partial charge in [0.2, 0.25) is 5.78 Å². The molecule has 1 aliphatic rings. The lowest BCUT2D eigenvalue weighted by Gasteiger charge is -2.20. The van der Waals surface area contributed by atoms with E-state index in [0.717, 1.165) is 10.6 Å². The van der Waals surface area contributed by atoms with Crippen molar-refractivity contribution >= 4 is 51.4 Å². The third kappa shape index (κ3) is 3.35. The Morgan fingerprint density at radius 2 is 2.06 bits per heavy atom. The van der Waals surface area contributed by atoms with Gasteiger partial charge in [-0.2, -0.15) is 5.10 Å². The average molecular weight is 491 g/mol. The lowest BCUT2D eigenvalue weighted by Crippen LogP contribution is -2.28. The molecule has 0 saturated heterocycles.